The molecule has 0 saturated heterocycles. The highest BCUT2D eigenvalue weighted by atomic mass is 32.1. The smallest absolute Gasteiger partial charge is 0.247 e. The second-order valence-corrected chi connectivity index (χ2v) is 8.52. The molecule has 3 aromatic rings. The molecule has 0 bridgehead atoms. The Bertz CT molecular complexity index is 1150. The van der Waals surface area contributed by atoms with E-state index in [-0.39, 0.29) is 24.5 Å². The van der Waals surface area contributed by atoms with Crippen LogP contribution in [-0.2, 0) is 22.6 Å². The van der Waals surface area contributed by atoms with Gasteiger partial charge in [-0.05, 0) is 24.5 Å². The van der Waals surface area contributed by atoms with Gasteiger partial charge in [0.1, 0.15) is 17.0 Å². The third-order valence-electron chi connectivity index (χ3n) is 5.37. The van der Waals surface area contributed by atoms with Gasteiger partial charge in [-0.3, -0.25) is 9.59 Å². The summed E-state index contributed by atoms with van der Waals surface area (Å²) in [6.07, 6.45) is 4.79. The van der Waals surface area contributed by atoms with E-state index in [1.807, 2.05) is 37.3 Å². The van der Waals surface area contributed by atoms with Crippen molar-refractivity contribution in [3.05, 3.63) is 64.8 Å². The van der Waals surface area contributed by atoms with Crippen molar-refractivity contribution in [2.24, 2.45) is 0 Å². The number of aromatic nitrogens is 2. The third kappa shape index (κ3) is 4.63. The van der Waals surface area contributed by atoms with Crippen molar-refractivity contribution < 1.29 is 14.7 Å². The first-order valence-corrected chi connectivity index (χ1v) is 11.3. The fourth-order valence-corrected chi connectivity index (χ4v) is 5.00. The zero-order valence-corrected chi connectivity index (χ0v) is 18.6. The average Bonchev–Trinajstić information content (AvgIpc) is 3.20. The average molecular weight is 452 g/mol. The minimum absolute atomic E-state index is 0.0674. The molecule has 2 aromatic heterocycles. The number of aliphatic hydroxyl groups excluding tert-OH is 1. The highest BCUT2D eigenvalue weighted by Gasteiger charge is 2.26. The molecule has 2 amide bonds. The molecule has 3 N–H and O–H groups in total. The van der Waals surface area contributed by atoms with Gasteiger partial charge in [0.05, 0.1) is 24.6 Å². The number of thiophene rings is 1. The number of hydrogen-bond donors (Lipinski definition) is 3. The second-order valence-electron chi connectivity index (χ2n) is 7.43. The van der Waals surface area contributed by atoms with Crippen molar-refractivity contribution in [2.75, 3.05) is 25.0 Å². The van der Waals surface area contributed by atoms with Crippen LogP contribution in [0.4, 0.5) is 5.82 Å². The number of rotatable bonds is 7. The van der Waals surface area contributed by atoms with Crippen LogP contribution in [0.2, 0.25) is 0 Å². The van der Waals surface area contributed by atoms with Gasteiger partial charge in [0.25, 0.3) is 0 Å². The molecule has 3 heterocycles. The Kier molecular flexibility index (Phi) is 6.77. The Balaban J connectivity index is 1.57. The Morgan fingerprint density at radius 3 is 2.81 bits per heavy atom. The number of nitrogens with zero attached hydrogens (tertiary/aromatic N) is 3. The predicted molar refractivity (Wildman–Crippen MR) is 124 cm³/mol. The molecular weight excluding hydrogens is 426 g/mol. The lowest BCUT2D eigenvalue weighted by Gasteiger charge is -2.26. The number of nitrogens with one attached hydrogen (secondary N) is 2. The molecule has 0 fully saturated rings. The summed E-state index contributed by atoms with van der Waals surface area (Å²) in [6.45, 7) is 3.30. The van der Waals surface area contributed by atoms with Crippen molar-refractivity contribution in [1.82, 2.24) is 20.2 Å². The van der Waals surface area contributed by atoms with E-state index in [1.54, 1.807) is 16.2 Å². The molecule has 1 atom stereocenters. The molecule has 9 heteroatoms. The van der Waals surface area contributed by atoms with E-state index >= 15 is 0 Å². The number of carbonyl (C=O) groups is 2. The van der Waals surface area contributed by atoms with Crippen LogP contribution in [0.1, 0.15) is 29.0 Å². The molecule has 1 aliphatic heterocycles. The van der Waals surface area contributed by atoms with Crippen LogP contribution >= 0.6 is 11.3 Å². The van der Waals surface area contributed by atoms with Gasteiger partial charge in [-0.15, -0.1) is 11.3 Å². The fourth-order valence-electron chi connectivity index (χ4n) is 3.80. The molecule has 166 valence electrons. The van der Waals surface area contributed by atoms with Crippen LogP contribution in [0.15, 0.2) is 48.8 Å². The van der Waals surface area contributed by atoms with E-state index in [0.29, 0.717) is 31.9 Å². The number of hydrogen-bond acceptors (Lipinski definition) is 7. The normalized spacial score (nSPS) is 14.4. The van der Waals surface area contributed by atoms with Crippen molar-refractivity contribution in [1.29, 1.82) is 0 Å². The summed E-state index contributed by atoms with van der Waals surface area (Å²) in [5.74, 6) is 0.225. The van der Waals surface area contributed by atoms with Crippen LogP contribution in [-0.4, -0.2) is 51.5 Å². The Morgan fingerprint density at radius 1 is 1.25 bits per heavy atom. The largest absolute Gasteiger partial charge is 0.394 e. The van der Waals surface area contributed by atoms with Crippen LogP contribution in [0.5, 0.6) is 0 Å². The molecule has 1 aromatic carbocycles. The highest BCUT2D eigenvalue weighted by Crippen LogP contribution is 2.38. The molecule has 8 nitrogen and oxygen atoms in total. The lowest BCUT2D eigenvalue weighted by Crippen LogP contribution is -2.34. The van der Waals surface area contributed by atoms with Crippen LogP contribution < -0.4 is 10.6 Å². The van der Waals surface area contributed by atoms with Gasteiger partial charge in [0.2, 0.25) is 11.8 Å². The third-order valence-corrected chi connectivity index (χ3v) is 6.50. The fraction of sp³-hybridized carbons (Fsp3) is 0.304. The number of aliphatic hydroxyl groups is 1. The van der Waals surface area contributed by atoms with Gasteiger partial charge in [0.15, 0.2) is 0 Å². The molecule has 0 aliphatic carbocycles. The topological polar surface area (TPSA) is 107 Å². The summed E-state index contributed by atoms with van der Waals surface area (Å²) in [6, 6.07) is 9.46. The second kappa shape index (κ2) is 9.88. The standard InChI is InChI=1S/C23H25N5O3S/c1-2-24-19(30)8-9-20(31)28-11-10-16-18(12-28)32-23-21(16)22(25-14-26-23)27-17(13-29)15-6-4-3-5-7-15/h3-9,14,17,29H,2,10-13H2,1H3,(H,24,30)(H,25,26,27). The van der Waals surface area contributed by atoms with Crippen molar-refractivity contribution in [3.63, 3.8) is 0 Å². The van der Waals surface area contributed by atoms with Gasteiger partial charge >= 0.3 is 0 Å². The lowest BCUT2D eigenvalue weighted by molar-refractivity contribution is -0.127. The van der Waals surface area contributed by atoms with Crippen molar-refractivity contribution in [3.8, 4) is 0 Å². The minimum atomic E-state index is -0.286. The molecule has 1 unspecified atom stereocenters. The Morgan fingerprint density at radius 2 is 2.06 bits per heavy atom. The first-order chi connectivity index (χ1) is 15.6. The highest BCUT2D eigenvalue weighted by molar-refractivity contribution is 7.19. The molecule has 4 rings (SSSR count). The minimum Gasteiger partial charge on any atom is -0.394 e. The van der Waals surface area contributed by atoms with Crippen LogP contribution in [0.3, 0.4) is 0 Å². The van der Waals surface area contributed by atoms with E-state index in [0.717, 1.165) is 26.2 Å². The number of carbonyl (C=O) groups excluding carboxylic acids is 2. The molecule has 0 spiro atoms. The van der Waals surface area contributed by atoms with Gasteiger partial charge in [-0.1, -0.05) is 30.3 Å². The number of benzene rings is 1. The van der Waals surface area contributed by atoms with E-state index in [2.05, 4.69) is 20.6 Å². The maximum atomic E-state index is 12.5. The summed E-state index contributed by atoms with van der Waals surface area (Å²) in [5, 5.41) is 16.9. The molecule has 0 saturated carbocycles. The number of fused-ring (bicyclic) bond motifs is 3. The van der Waals surface area contributed by atoms with Crippen LogP contribution in [0, 0.1) is 0 Å². The number of likely N-dealkylation sites (N-methyl/N-ethyl adjacent to an activating group) is 1. The maximum Gasteiger partial charge on any atom is 0.247 e. The maximum absolute atomic E-state index is 12.5. The first kappa shape index (κ1) is 21.9. The molecular formula is C23H25N5O3S. The SMILES string of the molecule is CCNC(=O)C=CC(=O)N1CCc2c(sc3ncnc(NC(CO)c4ccccc4)c23)C1. The summed E-state index contributed by atoms with van der Waals surface area (Å²) >= 11 is 1.55. The van der Waals surface area contributed by atoms with Crippen LogP contribution in [0.25, 0.3) is 10.2 Å². The van der Waals surface area contributed by atoms with E-state index in [9.17, 15) is 14.7 Å². The summed E-state index contributed by atoms with van der Waals surface area (Å²) in [4.78, 5) is 36.7. The van der Waals surface area contributed by atoms with E-state index in [4.69, 9.17) is 0 Å². The summed E-state index contributed by atoms with van der Waals surface area (Å²) in [7, 11) is 0. The molecule has 0 radical (unpaired) electrons. The van der Waals surface area contributed by atoms with Crippen molar-refractivity contribution in [2.45, 2.75) is 25.9 Å². The summed E-state index contributed by atoms with van der Waals surface area (Å²) in [5.41, 5.74) is 2.11. The number of anilines is 1. The van der Waals surface area contributed by atoms with E-state index in [1.165, 1.54) is 18.5 Å². The summed E-state index contributed by atoms with van der Waals surface area (Å²) < 4.78 is 0. The monoisotopic (exact) mass is 451 g/mol. The lowest BCUT2D eigenvalue weighted by atomic mass is 10.0. The van der Waals surface area contributed by atoms with E-state index < -0.39 is 0 Å². The zero-order valence-electron chi connectivity index (χ0n) is 17.7. The quantitative estimate of drug-likeness (QED) is 0.476. The molecule has 1 aliphatic rings. The van der Waals surface area contributed by atoms with Gasteiger partial charge in [-0.2, -0.15) is 0 Å². The number of amides is 2. The van der Waals surface area contributed by atoms with Crippen molar-refractivity contribution >= 4 is 39.2 Å². The Labute approximate surface area is 190 Å². The van der Waals surface area contributed by atoms with Gasteiger partial charge < -0.3 is 20.6 Å². The zero-order chi connectivity index (χ0) is 22.5. The predicted octanol–water partition coefficient (Wildman–Crippen LogP) is 2.41. The van der Waals surface area contributed by atoms with Gasteiger partial charge in [-0.25, -0.2) is 9.97 Å². The molecule has 32 heavy (non-hydrogen) atoms. The Hall–Kier alpha value is -3.30. The first-order valence-electron chi connectivity index (χ1n) is 10.5. The van der Waals surface area contributed by atoms with Gasteiger partial charge in [0, 0.05) is 30.1 Å².